The van der Waals surface area contributed by atoms with Crippen LogP contribution in [0.2, 0.25) is 0 Å². The van der Waals surface area contributed by atoms with E-state index in [1.165, 1.54) is 33.4 Å². The minimum atomic E-state index is 0.0970. The third-order valence-corrected chi connectivity index (χ3v) is 4.58. The Balaban J connectivity index is 2.21. The van der Waals surface area contributed by atoms with E-state index in [2.05, 4.69) is 77.9 Å². The van der Waals surface area contributed by atoms with E-state index in [4.69, 9.17) is 4.74 Å². The Morgan fingerprint density at radius 3 is 1.43 bits per heavy atom. The van der Waals surface area contributed by atoms with Crippen LogP contribution in [0.15, 0.2) is 36.4 Å². The molecule has 0 bridgehead atoms. The van der Waals surface area contributed by atoms with Crippen LogP contribution in [0.4, 0.5) is 0 Å². The molecule has 0 aliphatic heterocycles. The molecule has 2 aromatic carbocycles. The summed E-state index contributed by atoms with van der Waals surface area (Å²) < 4.78 is 6.29. The van der Waals surface area contributed by atoms with Crippen molar-refractivity contribution in [3.05, 3.63) is 69.8 Å². The Morgan fingerprint density at radius 2 is 1.05 bits per heavy atom. The normalized spacial score (nSPS) is 14.0. The summed E-state index contributed by atoms with van der Waals surface area (Å²) in [6.45, 7) is 12.9. The minimum absolute atomic E-state index is 0.0970. The van der Waals surface area contributed by atoms with Crippen molar-refractivity contribution in [2.75, 3.05) is 0 Å². The molecule has 0 spiro atoms. The fourth-order valence-electron chi connectivity index (χ4n) is 2.88. The summed E-state index contributed by atoms with van der Waals surface area (Å²) in [7, 11) is 0. The number of ether oxygens (including phenoxy) is 1. The van der Waals surface area contributed by atoms with Gasteiger partial charge in [-0.15, -0.1) is 0 Å². The van der Waals surface area contributed by atoms with Crippen molar-refractivity contribution in [1.82, 2.24) is 0 Å². The third kappa shape index (κ3) is 3.36. The van der Waals surface area contributed by atoms with Crippen LogP contribution in [0.25, 0.3) is 0 Å². The highest BCUT2D eigenvalue weighted by molar-refractivity contribution is 5.36. The molecule has 1 unspecified atom stereocenters. The van der Waals surface area contributed by atoms with Crippen LogP contribution in [-0.4, -0.2) is 0 Å². The standard InChI is InChI=1S/C20H26O/c1-13-9-7-11-19(15(13)3)17(5)21-18(6)20-12-8-10-14(2)16(20)4/h7-12,17-18H,1-6H3/t17-,18?/m1/s1. The average molecular weight is 282 g/mol. The summed E-state index contributed by atoms with van der Waals surface area (Å²) in [4.78, 5) is 0. The van der Waals surface area contributed by atoms with Crippen LogP contribution in [0.1, 0.15) is 59.4 Å². The molecule has 0 aliphatic carbocycles. The first-order valence-corrected chi connectivity index (χ1v) is 7.69. The van der Waals surface area contributed by atoms with Crippen LogP contribution in [-0.2, 0) is 4.74 Å². The summed E-state index contributed by atoms with van der Waals surface area (Å²) in [5.41, 5.74) is 7.88. The maximum absolute atomic E-state index is 6.29. The largest absolute Gasteiger partial charge is 0.366 e. The Labute approximate surface area is 129 Å². The van der Waals surface area contributed by atoms with Gasteiger partial charge in [-0.05, 0) is 74.9 Å². The lowest BCUT2D eigenvalue weighted by molar-refractivity contribution is 0.00517. The molecule has 2 rings (SSSR count). The lowest BCUT2D eigenvalue weighted by Gasteiger charge is -2.23. The number of rotatable bonds is 4. The van der Waals surface area contributed by atoms with Gasteiger partial charge >= 0.3 is 0 Å². The lowest BCUT2D eigenvalue weighted by Crippen LogP contribution is -2.08. The Bertz CT molecular complexity index is 572. The monoisotopic (exact) mass is 282 g/mol. The van der Waals surface area contributed by atoms with E-state index in [-0.39, 0.29) is 12.2 Å². The summed E-state index contributed by atoms with van der Waals surface area (Å²) in [6.07, 6.45) is 0.194. The van der Waals surface area contributed by atoms with E-state index in [9.17, 15) is 0 Å². The first-order chi connectivity index (χ1) is 9.91. The molecule has 0 N–H and O–H groups in total. The van der Waals surface area contributed by atoms with E-state index in [0.717, 1.165) is 0 Å². The SMILES string of the molecule is Cc1cccc(C(C)O[C@H](C)c2cccc(C)c2C)c1C. The van der Waals surface area contributed by atoms with E-state index in [1.54, 1.807) is 0 Å². The number of hydrogen-bond acceptors (Lipinski definition) is 1. The van der Waals surface area contributed by atoms with Crippen LogP contribution >= 0.6 is 0 Å². The highest BCUT2D eigenvalue weighted by atomic mass is 16.5. The van der Waals surface area contributed by atoms with Gasteiger partial charge in [-0.25, -0.2) is 0 Å². The van der Waals surface area contributed by atoms with E-state index in [1.807, 2.05) is 0 Å². The summed E-state index contributed by atoms with van der Waals surface area (Å²) in [6, 6.07) is 12.9. The number of benzene rings is 2. The van der Waals surface area contributed by atoms with Crippen molar-refractivity contribution in [3.63, 3.8) is 0 Å². The lowest BCUT2D eigenvalue weighted by atomic mass is 9.98. The fourth-order valence-corrected chi connectivity index (χ4v) is 2.88. The molecule has 0 heterocycles. The zero-order chi connectivity index (χ0) is 15.6. The summed E-state index contributed by atoms with van der Waals surface area (Å²) in [5.74, 6) is 0. The molecular formula is C20H26O. The first kappa shape index (κ1) is 15.8. The molecule has 0 aromatic heterocycles. The number of hydrogen-bond donors (Lipinski definition) is 0. The summed E-state index contributed by atoms with van der Waals surface area (Å²) >= 11 is 0. The molecule has 2 atom stereocenters. The second-order valence-corrected chi connectivity index (χ2v) is 6.00. The molecule has 1 heteroatoms. The van der Waals surface area contributed by atoms with E-state index >= 15 is 0 Å². The van der Waals surface area contributed by atoms with Gasteiger partial charge in [0.1, 0.15) is 0 Å². The third-order valence-electron chi connectivity index (χ3n) is 4.58. The van der Waals surface area contributed by atoms with E-state index in [0.29, 0.717) is 0 Å². The number of aryl methyl sites for hydroxylation is 2. The molecule has 21 heavy (non-hydrogen) atoms. The van der Waals surface area contributed by atoms with Crippen molar-refractivity contribution >= 4 is 0 Å². The molecule has 0 aliphatic rings. The maximum Gasteiger partial charge on any atom is 0.0807 e. The Kier molecular flexibility index (Phi) is 4.84. The van der Waals surface area contributed by atoms with Crippen LogP contribution in [0.3, 0.4) is 0 Å². The zero-order valence-corrected chi connectivity index (χ0v) is 14.0. The topological polar surface area (TPSA) is 9.23 Å². The molecule has 0 amide bonds. The van der Waals surface area contributed by atoms with Gasteiger partial charge in [-0.2, -0.15) is 0 Å². The molecule has 0 fully saturated rings. The van der Waals surface area contributed by atoms with Gasteiger partial charge in [-0.3, -0.25) is 0 Å². The molecule has 0 radical (unpaired) electrons. The fraction of sp³-hybridized carbons (Fsp3) is 0.400. The highest BCUT2D eigenvalue weighted by Gasteiger charge is 2.16. The quantitative estimate of drug-likeness (QED) is 0.692. The molecule has 112 valence electrons. The highest BCUT2D eigenvalue weighted by Crippen LogP contribution is 2.30. The van der Waals surface area contributed by atoms with Crippen molar-refractivity contribution in [2.45, 2.75) is 53.8 Å². The van der Waals surface area contributed by atoms with Gasteiger partial charge < -0.3 is 4.74 Å². The molecule has 2 aromatic rings. The molecule has 1 nitrogen and oxygen atoms in total. The van der Waals surface area contributed by atoms with Crippen molar-refractivity contribution < 1.29 is 4.74 Å². The predicted molar refractivity (Wildman–Crippen MR) is 89.7 cm³/mol. The van der Waals surface area contributed by atoms with E-state index < -0.39 is 0 Å². The van der Waals surface area contributed by atoms with Gasteiger partial charge in [-0.1, -0.05) is 36.4 Å². The van der Waals surface area contributed by atoms with Gasteiger partial charge in [0.25, 0.3) is 0 Å². The van der Waals surface area contributed by atoms with Crippen molar-refractivity contribution in [2.24, 2.45) is 0 Å². The Morgan fingerprint density at radius 1 is 0.667 bits per heavy atom. The second-order valence-electron chi connectivity index (χ2n) is 6.00. The van der Waals surface area contributed by atoms with Gasteiger partial charge in [0.15, 0.2) is 0 Å². The molecule has 0 saturated carbocycles. The van der Waals surface area contributed by atoms with Gasteiger partial charge in [0.2, 0.25) is 0 Å². The smallest absolute Gasteiger partial charge is 0.0807 e. The minimum Gasteiger partial charge on any atom is -0.366 e. The Hall–Kier alpha value is -1.60. The van der Waals surface area contributed by atoms with Crippen LogP contribution in [0, 0.1) is 27.7 Å². The van der Waals surface area contributed by atoms with Crippen LogP contribution < -0.4 is 0 Å². The second kappa shape index (κ2) is 6.44. The van der Waals surface area contributed by atoms with Crippen molar-refractivity contribution in [3.8, 4) is 0 Å². The zero-order valence-electron chi connectivity index (χ0n) is 14.0. The average Bonchev–Trinajstić information content (AvgIpc) is 2.44. The molecular weight excluding hydrogens is 256 g/mol. The predicted octanol–water partition coefficient (Wildman–Crippen LogP) is 5.76. The van der Waals surface area contributed by atoms with Gasteiger partial charge in [0, 0.05) is 0 Å². The molecule has 0 saturated heterocycles. The first-order valence-electron chi connectivity index (χ1n) is 7.69. The van der Waals surface area contributed by atoms with Crippen LogP contribution in [0.5, 0.6) is 0 Å². The van der Waals surface area contributed by atoms with Gasteiger partial charge in [0.05, 0.1) is 12.2 Å². The summed E-state index contributed by atoms with van der Waals surface area (Å²) in [5, 5.41) is 0. The maximum atomic E-state index is 6.29. The van der Waals surface area contributed by atoms with Crippen molar-refractivity contribution in [1.29, 1.82) is 0 Å².